The van der Waals surface area contributed by atoms with Gasteiger partial charge in [0.2, 0.25) is 0 Å². The Hall–Kier alpha value is -3.95. The monoisotopic (exact) mass is 468 g/mol. The van der Waals surface area contributed by atoms with Crippen LogP contribution in [0.25, 0.3) is 44.1 Å². The predicted molar refractivity (Wildman–Crippen MR) is 130 cm³/mol. The van der Waals surface area contributed by atoms with E-state index in [1.165, 1.54) is 11.3 Å². The van der Waals surface area contributed by atoms with Gasteiger partial charge in [-0.05, 0) is 37.3 Å². The van der Waals surface area contributed by atoms with Gasteiger partial charge in [-0.3, -0.25) is 9.97 Å². The standard InChI is InChI=1S/C25H20N6O2S/c1-14-3-2-4-20(31-14)23-22(29-13-30-23)15-5-6-19-16(7-15)8-17(9-27-19)24-28-12-21(34-24)25(32)33-18-10-26-11-18/h2-9,12-13,18,26H,10-11H2,1H3,(H,29,30). The van der Waals surface area contributed by atoms with Gasteiger partial charge in [-0.25, -0.2) is 14.8 Å². The molecule has 168 valence electrons. The van der Waals surface area contributed by atoms with Gasteiger partial charge in [-0.2, -0.15) is 0 Å². The summed E-state index contributed by atoms with van der Waals surface area (Å²) in [5.74, 6) is -0.331. The second-order valence-corrected chi connectivity index (χ2v) is 9.17. The van der Waals surface area contributed by atoms with E-state index in [1.54, 1.807) is 18.7 Å². The minimum Gasteiger partial charge on any atom is -0.455 e. The van der Waals surface area contributed by atoms with Gasteiger partial charge in [0.25, 0.3) is 0 Å². The summed E-state index contributed by atoms with van der Waals surface area (Å²) in [7, 11) is 0. The number of nitrogens with one attached hydrogen (secondary N) is 2. The zero-order valence-electron chi connectivity index (χ0n) is 18.3. The van der Waals surface area contributed by atoms with E-state index in [2.05, 4.69) is 36.3 Å². The van der Waals surface area contributed by atoms with Crippen LogP contribution >= 0.6 is 11.3 Å². The molecular weight excluding hydrogens is 448 g/mol. The van der Waals surface area contributed by atoms with Crippen molar-refractivity contribution in [2.45, 2.75) is 13.0 Å². The highest BCUT2D eigenvalue weighted by Crippen LogP contribution is 2.32. The number of rotatable bonds is 5. The quantitative estimate of drug-likeness (QED) is 0.372. The molecule has 1 fully saturated rings. The Labute approximate surface area is 199 Å². The number of nitrogens with zero attached hydrogens (tertiary/aromatic N) is 4. The molecule has 4 aromatic heterocycles. The summed E-state index contributed by atoms with van der Waals surface area (Å²) in [6.45, 7) is 3.37. The normalized spacial score (nSPS) is 13.7. The van der Waals surface area contributed by atoms with Gasteiger partial charge in [-0.15, -0.1) is 11.3 Å². The summed E-state index contributed by atoms with van der Waals surface area (Å²) in [6, 6.07) is 14.0. The Bertz CT molecular complexity index is 1520. The minimum atomic E-state index is -0.331. The van der Waals surface area contributed by atoms with Crippen LogP contribution in [0.2, 0.25) is 0 Å². The van der Waals surface area contributed by atoms with Gasteiger partial charge in [0.1, 0.15) is 16.0 Å². The van der Waals surface area contributed by atoms with E-state index >= 15 is 0 Å². The number of ether oxygens (including phenoxy) is 1. The summed E-state index contributed by atoms with van der Waals surface area (Å²) < 4.78 is 5.44. The molecule has 0 bridgehead atoms. The first kappa shape index (κ1) is 20.6. The maximum absolute atomic E-state index is 12.3. The number of aromatic nitrogens is 5. The van der Waals surface area contributed by atoms with Crippen molar-refractivity contribution >= 4 is 28.2 Å². The van der Waals surface area contributed by atoms with Gasteiger partial charge in [-0.1, -0.05) is 12.1 Å². The molecule has 1 aromatic carbocycles. The molecular formula is C25H20N6O2S. The third-order valence-corrected chi connectivity index (χ3v) is 6.74. The average Bonchev–Trinajstić information content (AvgIpc) is 3.51. The second-order valence-electron chi connectivity index (χ2n) is 8.14. The lowest BCUT2D eigenvalue weighted by Crippen LogP contribution is -2.49. The highest BCUT2D eigenvalue weighted by molar-refractivity contribution is 7.16. The maximum Gasteiger partial charge on any atom is 0.350 e. The van der Waals surface area contributed by atoms with Crippen molar-refractivity contribution in [2.75, 3.05) is 13.1 Å². The molecule has 1 aliphatic heterocycles. The molecule has 5 heterocycles. The van der Waals surface area contributed by atoms with Crippen molar-refractivity contribution in [1.82, 2.24) is 30.2 Å². The van der Waals surface area contributed by atoms with Crippen molar-refractivity contribution in [1.29, 1.82) is 0 Å². The first-order valence-electron chi connectivity index (χ1n) is 10.9. The summed E-state index contributed by atoms with van der Waals surface area (Å²) in [4.78, 5) is 34.3. The third-order valence-electron chi connectivity index (χ3n) is 5.71. The number of fused-ring (bicyclic) bond motifs is 1. The molecule has 0 amide bonds. The molecule has 6 rings (SSSR count). The number of pyridine rings is 2. The molecule has 2 N–H and O–H groups in total. The van der Waals surface area contributed by atoms with Crippen molar-refractivity contribution in [3.63, 3.8) is 0 Å². The van der Waals surface area contributed by atoms with Crippen LogP contribution in [0.5, 0.6) is 0 Å². The molecule has 0 spiro atoms. The Balaban J connectivity index is 1.32. The molecule has 8 nitrogen and oxygen atoms in total. The van der Waals surface area contributed by atoms with Crippen LogP contribution < -0.4 is 5.32 Å². The molecule has 34 heavy (non-hydrogen) atoms. The Kier molecular flexibility index (Phi) is 5.12. The zero-order valence-corrected chi connectivity index (χ0v) is 19.1. The van der Waals surface area contributed by atoms with Crippen molar-refractivity contribution in [3.05, 3.63) is 71.8 Å². The summed E-state index contributed by atoms with van der Waals surface area (Å²) in [5.41, 5.74) is 6.17. The van der Waals surface area contributed by atoms with E-state index in [0.29, 0.717) is 18.0 Å². The highest BCUT2D eigenvalue weighted by Gasteiger charge is 2.23. The fourth-order valence-corrected chi connectivity index (χ4v) is 4.62. The van der Waals surface area contributed by atoms with Crippen LogP contribution in [0.4, 0.5) is 0 Å². The largest absolute Gasteiger partial charge is 0.455 e. The van der Waals surface area contributed by atoms with Crippen LogP contribution in [0, 0.1) is 6.92 Å². The van der Waals surface area contributed by atoms with E-state index in [1.807, 2.05) is 43.3 Å². The van der Waals surface area contributed by atoms with Gasteiger partial charge in [0.15, 0.2) is 0 Å². The van der Waals surface area contributed by atoms with E-state index in [0.717, 1.165) is 49.8 Å². The van der Waals surface area contributed by atoms with E-state index < -0.39 is 0 Å². The first-order valence-corrected chi connectivity index (χ1v) is 11.7. The number of aromatic amines is 1. The Morgan fingerprint density at radius 1 is 1.06 bits per heavy atom. The van der Waals surface area contributed by atoms with E-state index in [4.69, 9.17) is 4.74 Å². The molecule has 0 aliphatic carbocycles. The number of carbonyl (C=O) groups is 1. The lowest BCUT2D eigenvalue weighted by molar-refractivity contribution is 0.0175. The van der Waals surface area contributed by atoms with Crippen LogP contribution in [0.3, 0.4) is 0 Å². The number of thiazole rings is 1. The lowest BCUT2D eigenvalue weighted by Gasteiger charge is -2.26. The van der Waals surface area contributed by atoms with Gasteiger partial charge in [0, 0.05) is 41.5 Å². The Morgan fingerprint density at radius 3 is 2.76 bits per heavy atom. The molecule has 0 unspecified atom stereocenters. The number of aryl methyl sites for hydroxylation is 1. The van der Waals surface area contributed by atoms with E-state index in [9.17, 15) is 4.79 Å². The fraction of sp³-hybridized carbons (Fsp3) is 0.160. The summed E-state index contributed by atoms with van der Waals surface area (Å²) >= 11 is 1.31. The van der Waals surface area contributed by atoms with Crippen molar-refractivity contribution < 1.29 is 9.53 Å². The van der Waals surface area contributed by atoms with E-state index in [-0.39, 0.29) is 12.1 Å². The second kappa shape index (κ2) is 8.44. The lowest BCUT2D eigenvalue weighted by atomic mass is 10.0. The fourth-order valence-electron chi connectivity index (χ4n) is 3.84. The number of H-pyrrole nitrogens is 1. The SMILES string of the molecule is Cc1cccc(-c2[nH]cnc2-c2ccc3ncc(-c4ncc(C(=O)OC5CNC5)s4)cc3c2)n1. The number of hydrogen-bond acceptors (Lipinski definition) is 8. The van der Waals surface area contributed by atoms with Gasteiger partial charge in [0.05, 0.1) is 35.1 Å². The number of benzene rings is 1. The summed E-state index contributed by atoms with van der Waals surface area (Å²) in [6.07, 6.45) is 4.98. The van der Waals surface area contributed by atoms with Crippen LogP contribution in [-0.4, -0.2) is 50.1 Å². The molecule has 5 aromatic rings. The molecule has 0 atom stereocenters. The minimum absolute atomic E-state index is 0.0549. The number of imidazole rings is 1. The van der Waals surface area contributed by atoms with Crippen LogP contribution in [-0.2, 0) is 4.74 Å². The molecule has 9 heteroatoms. The molecule has 1 saturated heterocycles. The third kappa shape index (κ3) is 3.85. The van der Waals surface area contributed by atoms with Crippen LogP contribution in [0.1, 0.15) is 15.4 Å². The first-order chi connectivity index (χ1) is 16.6. The molecule has 0 radical (unpaired) electrons. The van der Waals surface area contributed by atoms with Crippen molar-refractivity contribution in [3.8, 4) is 33.2 Å². The molecule has 0 saturated carbocycles. The predicted octanol–water partition coefficient (Wildman–Crippen LogP) is 4.25. The van der Waals surface area contributed by atoms with Gasteiger partial charge < -0.3 is 15.0 Å². The van der Waals surface area contributed by atoms with Crippen molar-refractivity contribution in [2.24, 2.45) is 0 Å². The summed E-state index contributed by atoms with van der Waals surface area (Å²) in [5, 5.41) is 4.77. The number of hydrogen-bond donors (Lipinski definition) is 2. The zero-order chi connectivity index (χ0) is 23.1. The number of esters is 1. The number of carbonyl (C=O) groups excluding carboxylic acids is 1. The Morgan fingerprint density at radius 2 is 1.94 bits per heavy atom. The van der Waals surface area contributed by atoms with Gasteiger partial charge >= 0.3 is 5.97 Å². The maximum atomic E-state index is 12.3. The average molecular weight is 469 g/mol. The topological polar surface area (TPSA) is 106 Å². The smallest absolute Gasteiger partial charge is 0.350 e. The van der Waals surface area contributed by atoms with Crippen LogP contribution in [0.15, 0.2) is 61.2 Å². The highest BCUT2D eigenvalue weighted by atomic mass is 32.1. The molecule has 1 aliphatic rings.